The van der Waals surface area contributed by atoms with E-state index in [1.54, 1.807) is 0 Å². The molecule has 114 valence electrons. The number of amides is 1. The molecule has 0 spiro atoms. The second kappa shape index (κ2) is 7.11. The van der Waals surface area contributed by atoms with Crippen molar-refractivity contribution in [1.29, 1.82) is 0 Å². The van der Waals surface area contributed by atoms with Gasteiger partial charge in [0.1, 0.15) is 5.92 Å². The molecule has 1 amide bonds. The van der Waals surface area contributed by atoms with Gasteiger partial charge in [-0.3, -0.25) is 4.79 Å². The summed E-state index contributed by atoms with van der Waals surface area (Å²) < 4.78 is 0. The molecule has 1 saturated heterocycles. The third-order valence-corrected chi connectivity index (χ3v) is 4.09. The summed E-state index contributed by atoms with van der Waals surface area (Å²) in [5.41, 5.74) is 6.52. The molecule has 0 radical (unpaired) electrons. The summed E-state index contributed by atoms with van der Waals surface area (Å²) in [7, 11) is 0. The van der Waals surface area contributed by atoms with Gasteiger partial charge in [-0.1, -0.05) is 48.8 Å². The van der Waals surface area contributed by atoms with E-state index in [0.717, 1.165) is 37.9 Å². The van der Waals surface area contributed by atoms with Gasteiger partial charge in [-0.15, -0.1) is 0 Å². The standard InChI is InChI=1S/C16H23N3O2/c1-2-6-12-9-10-19(11-12)16(20)14(15(17)18-21)13-7-4-3-5-8-13/h3-5,7-8,12,14,21H,2,6,9-11H2,1H3,(H2,17,18). The number of carbonyl (C=O) groups excluding carboxylic acids is 1. The molecule has 1 aliphatic heterocycles. The van der Waals surface area contributed by atoms with Crippen molar-refractivity contribution >= 4 is 11.7 Å². The summed E-state index contributed by atoms with van der Waals surface area (Å²) in [5, 5.41) is 12.0. The van der Waals surface area contributed by atoms with Crippen LogP contribution in [-0.4, -0.2) is 34.9 Å². The van der Waals surface area contributed by atoms with Crippen LogP contribution in [0.15, 0.2) is 35.5 Å². The zero-order valence-electron chi connectivity index (χ0n) is 12.4. The highest BCUT2D eigenvalue weighted by Gasteiger charge is 2.33. The maximum absolute atomic E-state index is 12.8. The van der Waals surface area contributed by atoms with E-state index in [1.807, 2.05) is 35.2 Å². The summed E-state index contributed by atoms with van der Waals surface area (Å²) >= 11 is 0. The lowest BCUT2D eigenvalue weighted by atomic mass is 9.96. The highest BCUT2D eigenvalue weighted by molar-refractivity contribution is 6.07. The topological polar surface area (TPSA) is 78.9 Å². The first-order chi connectivity index (χ1) is 10.2. The second-order valence-corrected chi connectivity index (χ2v) is 5.60. The van der Waals surface area contributed by atoms with E-state index < -0.39 is 5.92 Å². The molecule has 2 unspecified atom stereocenters. The molecule has 1 aromatic rings. The Hall–Kier alpha value is -2.04. The van der Waals surface area contributed by atoms with Crippen LogP contribution in [0.4, 0.5) is 0 Å². The number of likely N-dealkylation sites (tertiary alicyclic amines) is 1. The van der Waals surface area contributed by atoms with Crippen LogP contribution in [0.3, 0.4) is 0 Å². The first-order valence-corrected chi connectivity index (χ1v) is 7.48. The maximum Gasteiger partial charge on any atom is 0.237 e. The second-order valence-electron chi connectivity index (χ2n) is 5.60. The number of nitrogens with two attached hydrogens (primary N) is 1. The molecule has 2 atom stereocenters. The minimum atomic E-state index is -0.698. The van der Waals surface area contributed by atoms with E-state index in [-0.39, 0.29) is 11.7 Å². The minimum Gasteiger partial charge on any atom is -0.409 e. The average molecular weight is 289 g/mol. The number of oxime groups is 1. The predicted molar refractivity (Wildman–Crippen MR) is 82.2 cm³/mol. The van der Waals surface area contributed by atoms with Crippen LogP contribution in [0, 0.1) is 5.92 Å². The fourth-order valence-corrected chi connectivity index (χ4v) is 3.00. The van der Waals surface area contributed by atoms with Crippen molar-refractivity contribution in [2.24, 2.45) is 16.8 Å². The molecule has 1 heterocycles. The molecule has 3 N–H and O–H groups in total. The summed E-state index contributed by atoms with van der Waals surface area (Å²) in [4.78, 5) is 14.6. The number of amidine groups is 1. The van der Waals surface area contributed by atoms with Gasteiger partial charge in [0.05, 0.1) is 0 Å². The molecule has 1 aromatic carbocycles. The Bertz CT molecular complexity index is 502. The zero-order valence-corrected chi connectivity index (χ0v) is 12.4. The third kappa shape index (κ3) is 3.54. The number of benzene rings is 1. The summed E-state index contributed by atoms with van der Waals surface area (Å²) in [6.45, 7) is 3.69. The Morgan fingerprint density at radius 2 is 2.19 bits per heavy atom. The minimum absolute atomic E-state index is 0.0508. The third-order valence-electron chi connectivity index (χ3n) is 4.09. The molecule has 2 rings (SSSR count). The first kappa shape index (κ1) is 15.4. The lowest BCUT2D eigenvalue weighted by molar-refractivity contribution is -0.130. The summed E-state index contributed by atoms with van der Waals surface area (Å²) in [5.74, 6) is -0.250. The first-order valence-electron chi connectivity index (χ1n) is 7.48. The van der Waals surface area contributed by atoms with Gasteiger partial charge in [0.25, 0.3) is 0 Å². The average Bonchev–Trinajstić information content (AvgIpc) is 2.97. The lowest BCUT2D eigenvalue weighted by Gasteiger charge is -2.23. The zero-order chi connectivity index (χ0) is 15.2. The van der Waals surface area contributed by atoms with E-state index in [1.165, 1.54) is 0 Å². The Morgan fingerprint density at radius 1 is 1.48 bits per heavy atom. The monoisotopic (exact) mass is 289 g/mol. The molecule has 0 saturated carbocycles. The molecule has 1 aliphatic rings. The molecule has 0 aliphatic carbocycles. The van der Waals surface area contributed by atoms with Crippen LogP contribution in [0.1, 0.15) is 37.7 Å². The van der Waals surface area contributed by atoms with Crippen molar-refractivity contribution < 1.29 is 10.0 Å². The molecule has 5 heteroatoms. The molecule has 21 heavy (non-hydrogen) atoms. The van der Waals surface area contributed by atoms with Crippen molar-refractivity contribution in [3.63, 3.8) is 0 Å². The van der Waals surface area contributed by atoms with Gasteiger partial charge in [0, 0.05) is 13.1 Å². The van der Waals surface area contributed by atoms with Gasteiger partial charge in [-0.2, -0.15) is 0 Å². The van der Waals surface area contributed by atoms with Crippen LogP contribution in [0.25, 0.3) is 0 Å². The Balaban J connectivity index is 2.17. The van der Waals surface area contributed by atoms with Crippen LogP contribution < -0.4 is 5.73 Å². The van der Waals surface area contributed by atoms with Gasteiger partial charge >= 0.3 is 0 Å². The van der Waals surface area contributed by atoms with Crippen LogP contribution >= 0.6 is 0 Å². The number of hydrogen-bond acceptors (Lipinski definition) is 3. The number of rotatable bonds is 5. The highest BCUT2D eigenvalue weighted by atomic mass is 16.4. The quantitative estimate of drug-likeness (QED) is 0.377. The smallest absolute Gasteiger partial charge is 0.237 e. The van der Waals surface area contributed by atoms with Gasteiger partial charge in [0.2, 0.25) is 5.91 Å². The molecular weight excluding hydrogens is 266 g/mol. The van der Waals surface area contributed by atoms with E-state index in [4.69, 9.17) is 10.9 Å². The van der Waals surface area contributed by atoms with Crippen molar-refractivity contribution in [3.8, 4) is 0 Å². The van der Waals surface area contributed by atoms with Gasteiger partial charge in [0.15, 0.2) is 5.84 Å². The molecule has 0 aromatic heterocycles. The number of hydrogen-bond donors (Lipinski definition) is 2. The normalized spacial score (nSPS) is 20.5. The van der Waals surface area contributed by atoms with Crippen molar-refractivity contribution in [2.75, 3.05) is 13.1 Å². The lowest BCUT2D eigenvalue weighted by Crippen LogP contribution is -2.39. The van der Waals surface area contributed by atoms with Crippen LogP contribution in [0.5, 0.6) is 0 Å². The number of carbonyl (C=O) groups is 1. The van der Waals surface area contributed by atoms with Gasteiger partial charge in [-0.05, 0) is 24.3 Å². The Labute approximate surface area is 125 Å². The molecular formula is C16H23N3O2. The van der Waals surface area contributed by atoms with Crippen LogP contribution in [-0.2, 0) is 4.79 Å². The molecule has 0 bridgehead atoms. The number of nitrogens with zero attached hydrogens (tertiary/aromatic N) is 2. The fourth-order valence-electron chi connectivity index (χ4n) is 3.00. The Morgan fingerprint density at radius 3 is 2.81 bits per heavy atom. The maximum atomic E-state index is 12.8. The van der Waals surface area contributed by atoms with E-state index >= 15 is 0 Å². The van der Waals surface area contributed by atoms with Crippen LogP contribution in [0.2, 0.25) is 0 Å². The molecule has 5 nitrogen and oxygen atoms in total. The van der Waals surface area contributed by atoms with Gasteiger partial charge in [-0.25, -0.2) is 0 Å². The van der Waals surface area contributed by atoms with Crippen molar-refractivity contribution in [2.45, 2.75) is 32.1 Å². The summed E-state index contributed by atoms with van der Waals surface area (Å²) in [6, 6.07) is 9.25. The van der Waals surface area contributed by atoms with E-state index in [0.29, 0.717) is 5.92 Å². The molecule has 1 fully saturated rings. The van der Waals surface area contributed by atoms with Crippen molar-refractivity contribution in [3.05, 3.63) is 35.9 Å². The van der Waals surface area contributed by atoms with E-state index in [9.17, 15) is 4.79 Å². The van der Waals surface area contributed by atoms with Gasteiger partial charge < -0.3 is 15.8 Å². The summed E-state index contributed by atoms with van der Waals surface area (Å²) in [6.07, 6.45) is 3.32. The fraction of sp³-hybridized carbons (Fsp3) is 0.500. The SMILES string of the molecule is CCCC1CCN(C(=O)C(/C(N)=N/O)c2ccccc2)C1. The predicted octanol–water partition coefficient (Wildman–Crippen LogP) is 2.17. The van der Waals surface area contributed by atoms with E-state index in [2.05, 4.69) is 12.1 Å². The largest absolute Gasteiger partial charge is 0.409 e. The highest BCUT2D eigenvalue weighted by Crippen LogP contribution is 2.26. The Kier molecular flexibility index (Phi) is 5.20. The van der Waals surface area contributed by atoms with Crippen molar-refractivity contribution in [1.82, 2.24) is 4.90 Å².